The summed E-state index contributed by atoms with van der Waals surface area (Å²) in [6.45, 7) is 9.67. The highest BCUT2D eigenvalue weighted by molar-refractivity contribution is 6.46. The molecular formula is C30H39ClN2O5. The van der Waals surface area contributed by atoms with E-state index in [9.17, 15) is 19.8 Å². The van der Waals surface area contributed by atoms with Gasteiger partial charge in [-0.15, -0.1) is 0 Å². The Kier molecular flexibility index (Phi) is 11.0. The van der Waals surface area contributed by atoms with E-state index in [-0.39, 0.29) is 22.8 Å². The van der Waals surface area contributed by atoms with Crippen molar-refractivity contribution in [1.82, 2.24) is 9.80 Å². The van der Waals surface area contributed by atoms with E-state index in [0.717, 1.165) is 45.3 Å². The number of Topliss-reactive ketones (excluding diaryl/α,β-unsaturated/α-hetero) is 1. The number of phenols is 1. The fourth-order valence-electron chi connectivity index (χ4n) is 4.76. The van der Waals surface area contributed by atoms with Gasteiger partial charge in [0.25, 0.3) is 11.7 Å². The SMILES string of the molecule is CCCCN(CCCC)CCCN1C(=O)C(=O)C(=C(O)c2ccc(Cl)cc2)[C@H]1c1ccc(O)c(OCC)c1. The number of benzene rings is 2. The maximum Gasteiger partial charge on any atom is 0.295 e. The summed E-state index contributed by atoms with van der Waals surface area (Å²) >= 11 is 6.02. The Morgan fingerprint density at radius 1 is 0.974 bits per heavy atom. The quantitative estimate of drug-likeness (QED) is 0.169. The van der Waals surface area contributed by atoms with Gasteiger partial charge in [0.05, 0.1) is 18.2 Å². The summed E-state index contributed by atoms with van der Waals surface area (Å²) < 4.78 is 5.57. The molecule has 1 aliphatic rings. The molecule has 1 fully saturated rings. The Balaban J connectivity index is 1.98. The van der Waals surface area contributed by atoms with Crippen LogP contribution in [0, 0.1) is 0 Å². The van der Waals surface area contributed by atoms with Crippen LogP contribution in [0.15, 0.2) is 48.0 Å². The van der Waals surface area contributed by atoms with Gasteiger partial charge >= 0.3 is 0 Å². The summed E-state index contributed by atoms with van der Waals surface area (Å²) in [6, 6.07) is 10.4. The van der Waals surface area contributed by atoms with E-state index in [1.54, 1.807) is 36.4 Å². The van der Waals surface area contributed by atoms with Crippen LogP contribution in [0.3, 0.4) is 0 Å². The molecule has 0 unspecified atom stereocenters. The number of aromatic hydroxyl groups is 1. The normalized spacial score (nSPS) is 17.0. The van der Waals surface area contributed by atoms with Crippen LogP contribution >= 0.6 is 11.6 Å². The van der Waals surface area contributed by atoms with Crippen molar-refractivity contribution in [2.24, 2.45) is 0 Å². The van der Waals surface area contributed by atoms with Gasteiger partial charge in [-0.3, -0.25) is 9.59 Å². The second-order valence-electron chi connectivity index (χ2n) is 9.56. The van der Waals surface area contributed by atoms with Crippen molar-refractivity contribution in [3.8, 4) is 11.5 Å². The number of carbonyl (C=O) groups is 2. The molecule has 0 spiro atoms. The monoisotopic (exact) mass is 542 g/mol. The molecule has 206 valence electrons. The number of aliphatic hydroxyl groups excluding tert-OH is 1. The third kappa shape index (κ3) is 7.08. The number of rotatable bonds is 14. The number of amides is 1. The number of likely N-dealkylation sites (tertiary alicyclic amines) is 1. The predicted molar refractivity (Wildman–Crippen MR) is 151 cm³/mol. The molecule has 0 aromatic heterocycles. The van der Waals surface area contributed by atoms with Gasteiger partial charge in [-0.25, -0.2) is 0 Å². The summed E-state index contributed by atoms with van der Waals surface area (Å²) in [6.07, 6.45) is 5.15. The molecule has 2 aromatic rings. The summed E-state index contributed by atoms with van der Waals surface area (Å²) in [5.74, 6) is -1.42. The van der Waals surface area contributed by atoms with Crippen LogP contribution in [-0.2, 0) is 9.59 Å². The van der Waals surface area contributed by atoms with Crippen LogP contribution in [-0.4, -0.2) is 64.5 Å². The number of hydrogen-bond donors (Lipinski definition) is 2. The van der Waals surface area contributed by atoms with Crippen molar-refractivity contribution in [2.45, 2.75) is 58.9 Å². The van der Waals surface area contributed by atoms with Crippen LogP contribution in [0.1, 0.15) is 70.0 Å². The van der Waals surface area contributed by atoms with Crippen molar-refractivity contribution < 1.29 is 24.5 Å². The lowest BCUT2D eigenvalue weighted by Gasteiger charge is -2.28. The van der Waals surface area contributed by atoms with E-state index in [1.807, 2.05) is 6.92 Å². The molecule has 0 radical (unpaired) electrons. The van der Waals surface area contributed by atoms with Crippen LogP contribution in [0.2, 0.25) is 5.02 Å². The molecular weight excluding hydrogens is 504 g/mol. The molecule has 38 heavy (non-hydrogen) atoms. The zero-order valence-electron chi connectivity index (χ0n) is 22.6. The molecule has 3 rings (SSSR count). The van der Waals surface area contributed by atoms with Gasteiger partial charge in [0.2, 0.25) is 0 Å². The highest BCUT2D eigenvalue weighted by Crippen LogP contribution is 2.42. The first-order valence-corrected chi connectivity index (χ1v) is 13.9. The molecule has 0 bridgehead atoms. The Labute approximate surface area is 230 Å². The summed E-state index contributed by atoms with van der Waals surface area (Å²) in [4.78, 5) is 30.6. The molecule has 1 heterocycles. The van der Waals surface area contributed by atoms with E-state index in [1.165, 1.54) is 11.0 Å². The van der Waals surface area contributed by atoms with Crippen molar-refractivity contribution in [3.63, 3.8) is 0 Å². The van der Waals surface area contributed by atoms with Gasteiger partial charge in [0.15, 0.2) is 11.5 Å². The predicted octanol–water partition coefficient (Wildman–Crippen LogP) is 6.16. The first-order chi connectivity index (χ1) is 18.3. The van der Waals surface area contributed by atoms with Crippen molar-refractivity contribution in [1.29, 1.82) is 0 Å². The van der Waals surface area contributed by atoms with Crippen molar-refractivity contribution in [3.05, 3.63) is 64.2 Å². The molecule has 2 aromatic carbocycles. The summed E-state index contributed by atoms with van der Waals surface area (Å²) in [5.41, 5.74) is 0.987. The topological polar surface area (TPSA) is 90.3 Å². The minimum Gasteiger partial charge on any atom is -0.507 e. The van der Waals surface area contributed by atoms with E-state index in [0.29, 0.717) is 35.7 Å². The molecule has 0 saturated carbocycles. The Morgan fingerprint density at radius 2 is 1.61 bits per heavy atom. The first-order valence-electron chi connectivity index (χ1n) is 13.5. The van der Waals surface area contributed by atoms with E-state index in [4.69, 9.17) is 16.3 Å². The van der Waals surface area contributed by atoms with E-state index < -0.39 is 17.7 Å². The van der Waals surface area contributed by atoms with Crippen molar-refractivity contribution in [2.75, 3.05) is 32.8 Å². The number of nitrogens with zero attached hydrogens (tertiary/aromatic N) is 2. The Bertz CT molecular complexity index is 1120. The largest absolute Gasteiger partial charge is 0.507 e. The molecule has 7 nitrogen and oxygen atoms in total. The van der Waals surface area contributed by atoms with E-state index >= 15 is 0 Å². The van der Waals surface area contributed by atoms with Gasteiger partial charge < -0.3 is 24.7 Å². The number of aliphatic hydroxyl groups is 1. The number of phenolic OH excluding ortho intramolecular Hbond substituents is 1. The van der Waals surface area contributed by atoms with Gasteiger partial charge in [-0.1, -0.05) is 44.4 Å². The molecule has 1 aliphatic heterocycles. The van der Waals surface area contributed by atoms with E-state index in [2.05, 4.69) is 18.7 Å². The molecule has 2 N–H and O–H groups in total. The fraction of sp³-hybridized carbons (Fsp3) is 0.467. The lowest BCUT2D eigenvalue weighted by atomic mass is 9.95. The smallest absolute Gasteiger partial charge is 0.295 e. The van der Waals surface area contributed by atoms with Crippen LogP contribution in [0.4, 0.5) is 0 Å². The maximum absolute atomic E-state index is 13.3. The van der Waals surface area contributed by atoms with Crippen LogP contribution in [0.5, 0.6) is 11.5 Å². The second-order valence-corrected chi connectivity index (χ2v) is 10.00. The number of halogens is 1. The fourth-order valence-corrected chi connectivity index (χ4v) is 4.88. The Morgan fingerprint density at radius 3 is 2.21 bits per heavy atom. The molecule has 1 saturated heterocycles. The lowest BCUT2D eigenvalue weighted by molar-refractivity contribution is -0.140. The Hall–Kier alpha value is -3.03. The first kappa shape index (κ1) is 29.5. The number of unbranched alkanes of at least 4 members (excludes halogenated alkanes) is 2. The highest BCUT2D eigenvalue weighted by atomic mass is 35.5. The maximum atomic E-state index is 13.3. The van der Waals surface area contributed by atoms with Gasteiger partial charge in [0, 0.05) is 17.1 Å². The van der Waals surface area contributed by atoms with Crippen LogP contribution < -0.4 is 4.74 Å². The minimum atomic E-state index is -0.815. The average molecular weight is 543 g/mol. The average Bonchev–Trinajstić information content (AvgIpc) is 3.16. The second kappa shape index (κ2) is 14.2. The molecule has 8 heteroatoms. The number of hydrogen-bond acceptors (Lipinski definition) is 6. The minimum absolute atomic E-state index is 0.0132. The number of carbonyl (C=O) groups excluding carboxylic acids is 2. The summed E-state index contributed by atoms with van der Waals surface area (Å²) in [7, 11) is 0. The summed E-state index contributed by atoms with van der Waals surface area (Å²) in [5, 5.41) is 22.0. The van der Waals surface area contributed by atoms with Crippen molar-refractivity contribution >= 4 is 29.1 Å². The standard InChI is InChI=1S/C30H39ClN2O5/c1-4-7-16-32(17-8-5-2)18-9-19-33-27(22-12-15-24(34)25(20-22)38-6-3)26(29(36)30(33)37)28(35)21-10-13-23(31)14-11-21/h10-15,20,27,34-35H,4-9,16-19H2,1-3H3/t27-/m1/s1. The van der Waals surface area contributed by atoms with Gasteiger partial charge in [-0.05, 0) is 87.8 Å². The molecule has 1 amide bonds. The third-order valence-corrected chi connectivity index (χ3v) is 7.04. The number of ether oxygens (including phenoxy) is 1. The third-order valence-electron chi connectivity index (χ3n) is 6.79. The van der Waals surface area contributed by atoms with Gasteiger partial charge in [0.1, 0.15) is 5.76 Å². The highest BCUT2D eigenvalue weighted by Gasteiger charge is 2.46. The molecule has 1 atom stereocenters. The molecule has 0 aliphatic carbocycles. The van der Waals surface area contributed by atoms with Gasteiger partial charge in [-0.2, -0.15) is 0 Å². The number of ketones is 1. The zero-order chi connectivity index (χ0) is 27.7. The van der Waals surface area contributed by atoms with Crippen LogP contribution in [0.25, 0.3) is 5.76 Å². The lowest BCUT2D eigenvalue weighted by Crippen LogP contribution is -2.34. The zero-order valence-corrected chi connectivity index (χ0v) is 23.3.